The Hall–Kier alpha value is -2.37. The van der Waals surface area contributed by atoms with Crippen molar-refractivity contribution in [1.29, 1.82) is 0 Å². The summed E-state index contributed by atoms with van der Waals surface area (Å²) in [7, 11) is 0. The zero-order chi connectivity index (χ0) is 26.8. The van der Waals surface area contributed by atoms with Crippen molar-refractivity contribution in [2.45, 2.75) is 96.9 Å². The molecule has 0 saturated heterocycles. The Labute approximate surface area is 238 Å². The molecule has 1 aromatic heterocycles. The molecule has 1 amide bonds. The summed E-state index contributed by atoms with van der Waals surface area (Å²) in [5.74, 6) is 0.554. The van der Waals surface area contributed by atoms with Gasteiger partial charge in [0.15, 0.2) is 12.7 Å². The molecule has 0 fully saturated rings. The predicted octanol–water partition coefficient (Wildman–Crippen LogP) is 9.00. The van der Waals surface area contributed by atoms with E-state index in [2.05, 4.69) is 28.4 Å². The largest absolute Gasteiger partial charge is 0.492 e. The summed E-state index contributed by atoms with van der Waals surface area (Å²) >= 11 is 8.12. The van der Waals surface area contributed by atoms with Crippen molar-refractivity contribution >= 4 is 34.5 Å². The Morgan fingerprint density at radius 1 is 0.921 bits per heavy atom. The van der Waals surface area contributed by atoms with Crippen molar-refractivity contribution in [3.63, 3.8) is 0 Å². The van der Waals surface area contributed by atoms with Gasteiger partial charge in [0.25, 0.3) is 0 Å². The monoisotopic (exact) mass is 555 g/mol. The number of benzene rings is 2. The van der Waals surface area contributed by atoms with Crippen LogP contribution in [0, 0.1) is 0 Å². The first-order valence-electron chi connectivity index (χ1n) is 14.4. The van der Waals surface area contributed by atoms with Gasteiger partial charge in [0.05, 0.1) is 23.4 Å². The van der Waals surface area contributed by atoms with Crippen LogP contribution in [-0.2, 0) is 17.8 Å². The SMILES string of the molecule is CCCCCCCCCCCCCCOc1c(Cl)cccc1CC(=O)Nc1cccc(C[n+]2ccsc2)c1. The van der Waals surface area contributed by atoms with Crippen LogP contribution in [0.25, 0.3) is 0 Å². The zero-order valence-corrected chi connectivity index (χ0v) is 24.5. The third-order valence-electron chi connectivity index (χ3n) is 6.75. The Kier molecular flexibility index (Phi) is 14.3. The first-order valence-corrected chi connectivity index (χ1v) is 15.7. The number of carbonyl (C=O) groups excluding carboxylic acids is 1. The molecule has 0 unspecified atom stereocenters. The summed E-state index contributed by atoms with van der Waals surface area (Å²) < 4.78 is 8.20. The molecule has 0 aliphatic rings. The van der Waals surface area contributed by atoms with Gasteiger partial charge in [-0.05, 0) is 24.6 Å². The van der Waals surface area contributed by atoms with Crippen LogP contribution < -0.4 is 14.6 Å². The molecule has 0 bridgehead atoms. The Balaban J connectivity index is 1.36. The molecule has 0 saturated carbocycles. The topological polar surface area (TPSA) is 42.2 Å². The number of nitrogens with one attached hydrogen (secondary N) is 1. The highest BCUT2D eigenvalue weighted by atomic mass is 35.5. The number of rotatable bonds is 19. The molecule has 0 radical (unpaired) electrons. The van der Waals surface area contributed by atoms with E-state index < -0.39 is 0 Å². The number of amides is 1. The molecule has 0 atom stereocenters. The van der Waals surface area contributed by atoms with E-state index in [9.17, 15) is 4.79 Å². The number of aromatic nitrogens is 1. The third kappa shape index (κ3) is 11.6. The minimum absolute atomic E-state index is 0.0807. The Bertz CT molecular complexity index is 1070. The third-order valence-corrected chi connectivity index (χ3v) is 7.72. The van der Waals surface area contributed by atoms with Crippen LogP contribution in [0.5, 0.6) is 5.75 Å². The number of nitrogens with zero attached hydrogens (tertiary/aromatic N) is 1. The molecule has 0 aliphatic carbocycles. The number of hydrogen-bond acceptors (Lipinski definition) is 3. The van der Waals surface area contributed by atoms with Gasteiger partial charge in [0.1, 0.15) is 5.75 Å². The standard InChI is InChI=1S/C32H43ClN2O2S/c1-2-3-4-5-6-7-8-9-10-11-12-13-21-37-32-28(17-15-19-30(32)33)24-31(36)34-29-18-14-16-27(23-29)25-35-20-22-38-26-35/h14-20,22-23,26H,2-13,21,24-25H2,1H3/p+1. The summed E-state index contributed by atoms with van der Waals surface area (Å²) in [5.41, 5.74) is 4.83. The van der Waals surface area contributed by atoms with Crippen LogP contribution in [0.4, 0.5) is 5.69 Å². The van der Waals surface area contributed by atoms with Gasteiger partial charge in [0, 0.05) is 16.8 Å². The van der Waals surface area contributed by atoms with Crippen LogP contribution in [0.15, 0.2) is 59.6 Å². The first kappa shape index (κ1) is 30.2. The van der Waals surface area contributed by atoms with Gasteiger partial charge in [-0.2, -0.15) is 4.57 Å². The summed E-state index contributed by atoms with van der Waals surface area (Å²) in [4.78, 5) is 12.8. The summed E-state index contributed by atoms with van der Waals surface area (Å²) in [6.45, 7) is 3.67. The van der Waals surface area contributed by atoms with Crippen LogP contribution in [-0.4, -0.2) is 12.5 Å². The Morgan fingerprint density at radius 3 is 2.29 bits per heavy atom. The van der Waals surface area contributed by atoms with Gasteiger partial charge in [-0.3, -0.25) is 4.79 Å². The lowest BCUT2D eigenvalue weighted by Crippen LogP contribution is -2.30. The molecule has 206 valence electrons. The van der Waals surface area contributed by atoms with Gasteiger partial charge >= 0.3 is 0 Å². The lowest BCUT2D eigenvalue weighted by Gasteiger charge is -2.13. The molecule has 1 heterocycles. The number of carbonyl (C=O) groups is 1. The summed E-state index contributed by atoms with van der Waals surface area (Å²) in [6, 6.07) is 13.6. The summed E-state index contributed by atoms with van der Waals surface area (Å²) in [6.07, 6.45) is 18.0. The van der Waals surface area contributed by atoms with E-state index in [1.165, 1.54) is 64.2 Å². The molecular formula is C32H44ClN2O2S+. The lowest BCUT2D eigenvalue weighted by atomic mass is 10.1. The normalized spacial score (nSPS) is 11.0. The fraction of sp³-hybridized carbons (Fsp3) is 0.500. The number of unbranched alkanes of at least 4 members (excludes halogenated alkanes) is 11. The molecule has 4 nitrogen and oxygen atoms in total. The number of anilines is 1. The van der Waals surface area contributed by atoms with Crippen molar-refractivity contribution in [3.05, 3.63) is 75.7 Å². The quantitative estimate of drug-likeness (QED) is 0.118. The van der Waals surface area contributed by atoms with Crippen LogP contribution in [0.1, 0.15) is 95.1 Å². The molecule has 3 rings (SSSR count). The average Bonchev–Trinajstić information content (AvgIpc) is 3.41. The fourth-order valence-electron chi connectivity index (χ4n) is 4.66. The predicted molar refractivity (Wildman–Crippen MR) is 160 cm³/mol. The van der Waals surface area contributed by atoms with Gasteiger partial charge in [-0.15, -0.1) is 0 Å². The van der Waals surface area contributed by atoms with Gasteiger partial charge in [-0.25, -0.2) is 0 Å². The molecule has 0 spiro atoms. The van der Waals surface area contributed by atoms with Crippen LogP contribution in [0.2, 0.25) is 5.02 Å². The number of para-hydroxylation sites is 1. The van der Waals surface area contributed by atoms with Crippen molar-refractivity contribution < 1.29 is 14.1 Å². The second-order valence-electron chi connectivity index (χ2n) is 10.1. The lowest BCUT2D eigenvalue weighted by molar-refractivity contribution is -0.683. The number of hydrogen-bond donors (Lipinski definition) is 1. The van der Waals surface area contributed by atoms with E-state index in [4.69, 9.17) is 16.3 Å². The molecule has 1 N–H and O–H groups in total. The minimum Gasteiger partial charge on any atom is -0.492 e. The zero-order valence-electron chi connectivity index (χ0n) is 22.9. The van der Waals surface area contributed by atoms with E-state index in [0.717, 1.165) is 36.2 Å². The average molecular weight is 556 g/mol. The molecule has 2 aromatic carbocycles. The molecule has 0 aliphatic heterocycles. The smallest absolute Gasteiger partial charge is 0.228 e. The van der Waals surface area contributed by atoms with Gasteiger partial charge in [-0.1, -0.05) is 125 Å². The Morgan fingerprint density at radius 2 is 1.61 bits per heavy atom. The number of thiazole rings is 1. The fourth-order valence-corrected chi connectivity index (χ4v) is 5.51. The van der Waals surface area contributed by atoms with E-state index in [0.29, 0.717) is 17.4 Å². The second kappa shape index (κ2) is 18.0. The molecular weight excluding hydrogens is 512 g/mol. The van der Waals surface area contributed by atoms with Crippen molar-refractivity contribution in [1.82, 2.24) is 0 Å². The maximum atomic E-state index is 12.8. The van der Waals surface area contributed by atoms with Crippen molar-refractivity contribution in [3.8, 4) is 5.75 Å². The van der Waals surface area contributed by atoms with E-state index in [1.54, 1.807) is 11.3 Å². The van der Waals surface area contributed by atoms with Gasteiger partial charge < -0.3 is 10.1 Å². The molecule has 3 aromatic rings. The highest BCUT2D eigenvalue weighted by molar-refractivity contribution is 7.07. The minimum atomic E-state index is -0.0807. The van der Waals surface area contributed by atoms with Crippen molar-refractivity contribution in [2.75, 3.05) is 11.9 Å². The highest BCUT2D eigenvalue weighted by Crippen LogP contribution is 2.29. The maximum Gasteiger partial charge on any atom is 0.228 e. The van der Waals surface area contributed by atoms with Crippen molar-refractivity contribution in [2.24, 2.45) is 0 Å². The van der Waals surface area contributed by atoms with E-state index >= 15 is 0 Å². The molecule has 6 heteroatoms. The van der Waals surface area contributed by atoms with Gasteiger partial charge in [0.2, 0.25) is 11.4 Å². The summed E-state index contributed by atoms with van der Waals surface area (Å²) in [5, 5.41) is 5.64. The maximum absolute atomic E-state index is 12.8. The number of halogens is 1. The first-order chi connectivity index (χ1) is 18.7. The van der Waals surface area contributed by atoms with Crippen LogP contribution >= 0.6 is 22.9 Å². The van der Waals surface area contributed by atoms with E-state index in [-0.39, 0.29) is 12.3 Å². The number of ether oxygens (including phenoxy) is 1. The highest BCUT2D eigenvalue weighted by Gasteiger charge is 2.13. The van der Waals surface area contributed by atoms with E-state index in [1.807, 2.05) is 48.0 Å². The van der Waals surface area contributed by atoms with Crippen LogP contribution in [0.3, 0.4) is 0 Å². The second-order valence-corrected chi connectivity index (χ2v) is 11.3. The molecule has 38 heavy (non-hydrogen) atoms.